The number of primary amides is 1. The van der Waals surface area contributed by atoms with Crippen molar-refractivity contribution in [2.45, 2.75) is 4.90 Å². The van der Waals surface area contributed by atoms with Gasteiger partial charge in [0.1, 0.15) is 0 Å². The van der Waals surface area contributed by atoms with E-state index in [0.29, 0.717) is 10.6 Å². The van der Waals surface area contributed by atoms with E-state index < -0.39 is 22.7 Å². The number of carbonyl (C=O) groups excluding carboxylic acids is 2. The molecule has 1 aromatic carbocycles. The van der Waals surface area contributed by atoms with Gasteiger partial charge in [-0.05, 0) is 29.0 Å². The van der Waals surface area contributed by atoms with Crippen molar-refractivity contribution in [1.82, 2.24) is 5.32 Å². The van der Waals surface area contributed by atoms with Crippen molar-refractivity contribution < 1.29 is 14.1 Å². The molecule has 7 heteroatoms. The van der Waals surface area contributed by atoms with Gasteiger partial charge in [0.25, 0.3) is 5.91 Å². The molecule has 1 rings (SSSR count). The number of amides is 3. The van der Waals surface area contributed by atoms with Crippen molar-refractivity contribution in [1.29, 1.82) is 0 Å². The Labute approximate surface area is 94.4 Å². The predicted molar refractivity (Wildman–Crippen MR) is 63.1 cm³/mol. The fourth-order valence-electron chi connectivity index (χ4n) is 0.965. The minimum atomic E-state index is -1.42. The molecule has 1 aromatic rings. The molecule has 0 saturated carbocycles. The second-order valence-corrected chi connectivity index (χ2v) is 4.19. The first kappa shape index (κ1) is 12.2. The SMILES string of the molecule is NC(=O)NC(=O)C=S(O)c1cccc(N)c1. The van der Waals surface area contributed by atoms with Crippen molar-refractivity contribution in [2.24, 2.45) is 5.73 Å². The third-order valence-electron chi connectivity index (χ3n) is 1.56. The van der Waals surface area contributed by atoms with Crippen molar-refractivity contribution in [3.05, 3.63) is 24.3 Å². The number of urea groups is 1. The number of hydrogen-bond acceptors (Lipinski definition) is 4. The summed E-state index contributed by atoms with van der Waals surface area (Å²) in [6.45, 7) is 0. The summed E-state index contributed by atoms with van der Waals surface area (Å²) >= 11 is 0. The number of imide groups is 1. The summed E-state index contributed by atoms with van der Waals surface area (Å²) in [5, 5.41) is 2.78. The number of rotatable bonds is 2. The normalized spacial score (nSPS) is 12.1. The van der Waals surface area contributed by atoms with E-state index in [-0.39, 0.29) is 0 Å². The number of nitrogens with one attached hydrogen (secondary N) is 1. The molecule has 0 aromatic heterocycles. The van der Waals surface area contributed by atoms with E-state index in [1.54, 1.807) is 18.2 Å². The second-order valence-electron chi connectivity index (χ2n) is 2.86. The number of benzene rings is 1. The maximum Gasteiger partial charge on any atom is 0.319 e. The highest BCUT2D eigenvalue weighted by Gasteiger charge is 2.03. The average Bonchev–Trinajstić information content (AvgIpc) is 2.16. The van der Waals surface area contributed by atoms with Gasteiger partial charge in [-0.15, -0.1) is 0 Å². The summed E-state index contributed by atoms with van der Waals surface area (Å²) in [6, 6.07) is 5.50. The third kappa shape index (κ3) is 3.71. The van der Waals surface area contributed by atoms with Gasteiger partial charge >= 0.3 is 6.03 Å². The number of hydrogen-bond donors (Lipinski definition) is 4. The fraction of sp³-hybridized carbons (Fsp3) is 0. The number of nitrogens with two attached hydrogens (primary N) is 2. The Morgan fingerprint density at radius 2 is 2.12 bits per heavy atom. The Balaban J connectivity index is 2.85. The first-order chi connectivity index (χ1) is 7.49. The smallest absolute Gasteiger partial charge is 0.319 e. The van der Waals surface area contributed by atoms with Gasteiger partial charge in [-0.2, -0.15) is 0 Å². The minimum Gasteiger partial charge on any atom is -0.399 e. The predicted octanol–water partition coefficient (Wildman–Crippen LogP) is 0.367. The standard InChI is InChI=1S/C9H11N3O3S/c10-6-2-1-3-7(4-6)16(15)5-8(13)12-9(11)14/h1-5,15H,10H2,(H3,11,12,13,14). The molecule has 3 amide bonds. The maximum absolute atomic E-state index is 11.1. The van der Waals surface area contributed by atoms with Crippen LogP contribution in [0.25, 0.3) is 0 Å². The summed E-state index contributed by atoms with van der Waals surface area (Å²) in [7, 11) is -1.42. The van der Waals surface area contributed by atoms with Crippen LogP contribution in [0.4, 0.5) is 10.5 Å². The van der Waals surface area contributed by atoms with Crippen LogP contribution in [-0.2, 0) is 4.79 Å². The van der Waals surface area contributed by atoms with Crippen molar-refractivity contribution >= 4 is 33.8 Å². The summed E-state index contributed by atoms with van der Waals surface area (Å²) in [5.74, 6) is -0.749. The van der Waals surface area contributed by atoms with Crippen LogP contribution >= 0.6 is 10.8 Å². The molecule has 0 spiro atoms. The zero-order chi connectivity index (χ0) is 12.1. The molecule has 6 N–H and O–H groups in total. The van der Waals surface area contributed by atoms with Gasteiger partial charge in [0.05, 0.1) is 5.37 Å². The number of nitrogen functional groups attached to an aromatic ring is 1. The van der Waals surface area contributed by atoms with Gasteiger partial charge in [-0.1, -0.05) is 6.07 Å². The van der Waals surface area contributed by atoms with Crippen molar-refractivity contribution in [2.75, 3.05) is 5.73 Å². The zero-order valence-electron chi connectivity index (χ0n) is 8.21. The van der Waals surface area contributed by atoms with Crippen molar-refractivity contribution in [3.63, 3.8) is 0 Å². The highest BCUT2D eigenvalue weighted by Crippen LogP contribution is 2.22. The van der Waals surface area contributed by atoms with E-state index >= 15 is 0 Å². The molecular formula is C9H11N3O3S. The Morgan fingerprint density at radius 1 is 1.44 bits per heavy atom. The first-order valence-corrected chi connectivity index (χ1v) is 5.46. The van der Waals surface area contributed by atoms with Crippen LogP contribution < -0.4 is 16.8 Å². The Morgan fingerprint density at radius 3 is 2.69 bits per heavy atom. The average molecular weight is 241 g/mol. The van der Waals surface area contributed by atoms with Crippen LogP contribution in [0.5, 0.6) is 0 Å². The molecule has 0 aliphatic carbocycles. The van der Waals surface area contributed by atoms with Crippen LogP contribution in [0, 0.1) is 0 Å². The molecule has 0 bridgehead atoms. The van der Waals surface area contributed by atoms with Gasteiger partial charge < -0.3 is 16.0 Å². The molecule has 6 nitrogen and oxygen atoms in total. The second kappa shape index (κ2) is 5.29. The Hall–Kier alpha value is -1.86. The summed E-state index contributed by atoms with van der Waals surface area (Å²) in [6.07, 6.45) is 0. The van der Waals surface area contributed by atoms with Gasteiger partial charge in [0.15, 0.2) is 0 Å². The van der Waals surface area contributed by atoms with E-state index in [0.717, 1.165) is 5.37 Å². The quantitative estimate of drug-likeness (QED) is 0.441. The van der Waals surface area contributed by atoms with Crippen LogP contribution in [0.3, 0.4) is 0 Å². The molecule has 1 unspecified atom stereocenters. The largest absolute Gasteiger partial charge is 0.399 e. The van der Waals surface area contributed by atoms with Crippen LogP contribution in [-0.4, -0.2) is 21.9 Å². The van der Waals surface area contributed by atoms with Crippen LogP contribution in [0.15, 0.2) is 29.2 Å². The fourth-order valence-corrected chi connectivity index (χ4v) is 1.84. The Kier molecular flexibility index (Phi) is 4.03. The third-order valence-corrected chi connectivity index (χ3v) is 2.74. The van der Waals surface area contributed by atoms with Gasteiger partial charge in [-0.25, -0.2) is 4.79 Å². The van der Waals surface area contributed by atoms with Gasteiger partial charge in [-0.3, -0.25) is 10.1 Å². The van der Waals surface area contributed by atoms with E-state index in [2.05, 4.69) is 0 Å². The van der Waals surface area contributed by atoms with Crippen molar-refractivity contribution in [3.8, 4) is 0 Å². The first-order valence-electron chi connectivity index (χ1n) is 4.22. The molecule has 0 aliphatic rings. The highest BCUT2D eigenvalue weighted by molar-refractivity contribution is 8.11. The van der Waals surface area contributed by atoms with E-state index in [1.807, 2.05) is 5.32 Å². The molecule has 0 saturated heterocycles. The lowest BCUT2D eigenvalue weighted by Gasteiger charge is -2.02. The molecule has 1 atom stereocenters. The lowest BCUT2D eigenvalue weighted by atomic mass is 10.3. The molecular weight excluding hydrogens is 230 g/mol. The molecule has 0 heterocycles. The lowest BCUT2D eigenvalue weighted by Crippen LogP contribution is -2.35. The monoisotopic (exact) mass is 241 g/mol. The van der Waals surface area contributed by atoms with Crippen LogP contribution in [0.1, 0.15) is 0 Å². The topological polar surface area (TPSA) is 118 Å². The Bertz CT molecular complexity index is 459. The van der Waals surface area contributed by atoms with Gasteiger partial charge in [0, 0.05) is 10.6 Å². The van der Waals surface area contributed by atoms with Crippen LogP contribution in [0.2, 0.25) is 0 Å². The van der Waals surface area contributed by atoms with Gasteiger partial charge in [0.2, 0.25) is 0 Å². The maximum atomic E-state index is 11.1. The van der Waals surface area contributed by atoms with E-state index in [9.17, 15) is 14.1 Å². The summed E-state index contributed by atoms with van der Waals surface area (Å²) < 4.78 is 9.63. The summed E-state index contributed by atoms with van der Waals surface area (Å²) in [5.41, 5.74) is 10.7. The van der Waals surface area contributed by atoms with E-state index in [4.69, 9.17) is 11.5 Å². The summed E-state index contributed by atoms with van der Waals surface area (Å²) in [4.78, 5) is 21.9. The molecule has 0 aliphatic heterocycles. The minimum absolute atomic E-state index is 0.479. The molecule has 86 valence electrons. The number of anilines is 1. The molecule has 0 fully saturated rings. The molecule has 0 radical (unpaired) electrons. The highest BCUT2D eigenvalue weighted by atomic mass is 32.2. The number of carbonyl (C=O) groups is 2. The lowest BCUT2D eigenvalue weighted by molar-refractivity contribution is -0.113. The van der Waals surface area contributed by atoms with E-state index in [1.165, 1.54) is 6.07 Å². The zero-order valence-corrected chi connectivity index (χ0v) is 9.03. The molecule has 16 heavy (non-hydrogen) atoms.